The zero-order valence-electron chi connectivity index (χ0n) is 7.32. The van der Waals surface area contributed by atoms with E-state index in [1.165, 1.54) is 0 Å². The van der Waals surface area contributed by atoms with E-state index in [0.717, 1.165) is 12.8 Å². The predicted octanol–water partition coefficient (Wildman–Crippen LogP) is 1.20. The van der Waals surface area contributed by atoms with Crippen molar-refractivity contribution in [2.24, 2.45) is 5.92 Å². The molecular formula is C8H15NO3. The second-order valence-electron chi connectivity index (χ2n) is 3.90. The fourth-order valence-electron chi connectivity index (χ4n) is 1.70. The molecule has 0 aliphatic heterocycles. The Balaban J connectivity index is 2.44. The monoisotopic (exact) mass is 173 g/mol. The van der Waals surface area contributed by atoms with Gasteiger partial charge in [-0.05, 0) is 31.6 Å². The number of aliphatic hydroxyl groups is 1. The molecule has 0 heterocycles. The van der Waals surface area contributed by atoms with Crippen LogP contribution in [0.15, 0.2) is 0 Å². The first kappa shape index (κ1) is 9.45. The highest BCUT2D eigenvalue weighted by Gasteiger charge is 2.36. The van der Waals surface area contributed by atoms with Crippen molar-refractivity contribution in [3.05, 3.63) is 10.1 Å². The molecular weight excluding hydrogens is 158 g/mol. The Kier molecular flexibility index (Phi) is 2.67. The van der Waals surface area contributed by atoms with Crippen molar-refractivity contribution in [2.75, 3.05) is 6.54 Å². The van der Waals surface area contributed by atoms with Crippen LogP contribution in [0, 0.1) is 16.0 Å². The van der Waals surface area contributed by atoms with Crippen molar-refractivity contribution in [2.45, 2.75) is 38.2 Å². The first-order valence-electron chi connectivity index (χ1n) is 4.36. The molecule has 12 heavy (non-hydrogen) atoms. The Hall–Kier alpha value is -0.640. The maximum atomic E-state index is 10.2. The molecule has 0 aromatic heterocycles. The van der Waals surface area contributed by atoms with E-state index in [-0.39, 0.29) is 6.54 Å². The third-order valence-electron chi connectivity index (χ3n) is 2.63. The molecule has 1 rings (SSSR count). The molecule has 1 aliphatic rings. The van der Waals surface area contributed by atoms with Gasteiger partial charge in [0.1, 0.15) is 5.60 Å². The van der Waals surface area contributed by atoms with Crippen LogP contribution in [0.5, 0.6) is 0 Å². The summed E-state index contributed by atoms with van der Waals surface area (Å²) in [4.78, 5) is 9.78. The molecule has 0 saturated heterocycles. The van der Waals surface area contributed by atoms with E-state index in [4.69, 9.17) is 0 Å². The van der Waals surface area contributed by atoms with Crippen LogP contribution in [0.1, 0.15) is 32.6 Å². The third kappa shape index (κ3) is 2.44. The van der Waals surface area contributed by atoms with E-state index in [2.05, 4.69) is 6.92 Å². The molecule has 1 fully saturated rings. The molecule has 0 aromatic rings. The van der Waals surface area contributed by atoms with E-state index in [9.17, 15) is 15.2 Å². The van der Waals surface area contributed by atoms with Crippen molar-refractivity contribution < 1.29 is 10.0 Å². The van der Waals surface area contributed by atoms with Crippen LogP contribution in [-0.4, -0.2) is 22.2 Å². The molecule has 4 heteroatoms. The number of nitrogens with zero attached hydrogens (tertiary/aromatic N) is 1. The van der Waals surface area contributed by atoms with Gasteiger partial charge in [0.25, 0.3) is 0 Å². The molecule has 0 aromatic carbocycles. The summed E-state index contributed by atoms with van der Waals surface area (Å²) >= 11 is 0. The molecule has 0 amide bonds. The third-order valence-corrected chi connectivity index (χ3v) is 2.63. The largest absolute Gasteiger partial charge is 0.383 e. The smallest absolute Gasteiger partial charge is 0.232 e. The van der Waals surface area contributed by atoms with Crippen LogP contribution in [0.2, 0.25) is 0 Å². The van der Waals surface area contributed by atoms with Gasteiger partial charge in [-0.1, -0.05) is 6.92 Å². The van der Waals surface area contributed by atoms with Gasteiger partial charge in [-0.2, -0.15) is 0 Å². The molecule has 0 bridgehead atoms. The number of hydrogen-bond acceptors (Lipinski definition) is 3. The van der Waals surface area contributed by atoms with Crippen molar-refractivity contribution in [3.63, 3.8) is 0 Å². The number of hydrogen-bond donors (Lipinski definition) is 1. The van der Waals surface area contributed by atoms with Gasteiger partial charge in [-0.3, -0.25) is 10.1 Å². The van der Waals surface area contributed by atoms with Crippen molar-refractivity contribution >= 4 is 0 Å². The highest BCUT2D eigenvalue weighted by Crippen LogP contribution is 2.31. The molecule has 0 spiro atoms. The molecule has 1 aliphatic carbocycles. The van der Waals surface area contributed by atoms with Crippen LogP contribution < -0.4 is 0 Å². The first-order chi connectivity index (χ1) is 5.52. The Morgan fingerprint density at radius 1 is 1.58 bits per heavy atom. The van der Waals surface area contributed by atoms with E-state index in [1.54, 1.807) is 0 Å². The highest BCUT2D eigenvalue weighted by molar-refractivity contribution is 4.83. The van der Waals surface area contributed by atoms with Gasteiger partial charge in [-0.25, -0.2) is 0 Å². The van der Waals surface area contributed by atoms with Gasteiger partial charge >= 0.3 is 0 Å². The highest BCUT2D eigenvalue weighted by atomic mass is 16.6. The van der Waals surface area contributed by atoms with Crippen LogP contribution >= 0.6 is 0 Å². The lowest BCUT2D eigenvalue weighted by Gasteiger charge is -2.31. The van der Waals surface area contributed by atoms with Crippen molar-refractivity contribution in [3.8, 4) is 0 Å². The number of nitro groups is 1. The normalized spacial score (nSPS) is 36.3. The van der Waals surface area contributed by atoms with E-state index >= 15 is 0 Å². The topological polar surface area (TPSA) is 63.4 Å². The Morgan fingerprint density at radius 3 is 2.50 bits per heavy atom. The lowest BCUT2D eigenvalue weighted by Crippen LogP contribution is -2.40. The fraction of sp³-hybridized carbons (Fsp3) is 1.00. The SMILES string of the molecule is CC1CCC(O)(C[N+](=O)[O-])CC1. The first-order valence-corrected chi connectivity index (χ1v) is 4.36. The molecule has 70 valence electrons. The average molecular weight is 173 g/mol. The summed E-state index contributed by atoms with van der Waals surface area (Å²) in [7, 11) is 0. The van der Waals surface area contributed by atoms with Crippen LogP contribution in [0.3, 0.4) is 0 Å². The van der Waals surface area contributed by atoms with Gasteiger partial charge in [0.05, 0.1) is 0 Å². The minimum atomic E-state index is -1.02. The Bertz CT molecular complexity index is 173. The second-order valence-corrected chi connectivity index (χ2v) is 3.90. The van der Waals surface area contributed by atoms with Crippen LogP contribution in [0.25, 0.3) is 0 Å². The maximum absolute atomic E-state index is 10.2. The zero-order chi connectivity index (χ0) is 9.19. The standard InChI is InChI=1S/C8H15NO3/c1-7-2-4-8(10,5-3-7)6-9(11)12/h7,10H,2-6H2,1H3. The summed E-state index contributed by atoms with van der Waals surface area (Å²) in [5, 5.41) is 19.9. The molecule has 0 atom stereocenters. The van der Waals surface area contributed by atoms with E-state index in [1.807, 2.05) is 0 Å². The zero-order valence-corrected chi connectivity index (χ0v) is 7.32. The Labute approximate surface area is 71.7 Å². The molecule has 0 radical (unpaired) electrons. The Morgan fingerprint density at radius 2 is 2.08 bits per heavy atom. The summed E-state index contributed by atoms with van der Waals surface area (Å²) in [6.07, 6.45) is 2.97. The molecule has 1 saturated carbocycles. The van der Waals surface area contributed by atoms with Crippen molar-refractivity contribution in [1.82, 2.24) is 0 Å². The molecule has 4 nitrogen and oxygen atoms in total. The van der Waals surface area contributed by atoms with E-state index < -0.39 is 10.5 Å². The quantitative estimate of drug-likeness (QED) is 0.504. The van der Waals surface area contributed by atoms with Crippen LogP contribution in [-0.2, 0) is 0 Å². The lowest BCUT2D eigenvalue weighted by atomic mass is 9.80. The van der Waals surface area contributed by atoms with Crippen molar-refractivity contribution in [1.29, 1.82) is 0 Å². The minimum Gasteiger partial charge on any atom is -0.383 e. The minimum absolute atomic E-state index is 0.292. The average Bonchev–Trinajstić information content (AvgIpc) is 1.94. The summed E-state index contributed by atoms with van der Waals surface area (Å²) in [6, 6.07) is 0. The fourth-order valence-corrected chi connectivity index (χ4v) is 1.70. The lowest BCUT2D eigenvalue weighted by molar-refractivity contribution is -0.502. The predicted molar refractivity (Wildman–Crippen MR) is 44.4 cm³/mol. The van der Waals surface area contributed by atoms with Gasteiger partial charge in [0.2, 0.25) is 6.54 Å². The number of rotatable bonds is 2. The van der Waals surface area contributed by atoms with Gasteiger partial charge in [0.15, 0.2) is 0 Å². The summed E-state index contributed by atoms with van der Waals surface area (Å²) in [5.74, 6) is 0.608. The summed E-state index contributed by atoms with van der Waals surface area (Å²) < 4.78 is 0. The van der Waals surface area contributed by atoms with Gasteiger partial charge in [-0.15, -0.1) is 0 Å². The maximum Gasteiger partial charge on any atom is 0.232 e. The van der Waals surface area contributed by atoms with E-state index in [0.29, 0.717) is 18.8 Å². The van der Waals surface area contributed by atoms with Crippen LogP contribution in [0.4, 0.5) is 0 Å². The van der Waals surface area contributed by atoms with Gasteiger partial charge in [0, 0.05) is 4.92 Å². The molecule has 1 N–H and O–H groups in total. The molecule has 0 unspecified atom stereocenters. The summed E-state index contributed by atoms with van der Waals surface area (Å²) in [5.41, 5.74) is -1.02. The van der Waals surface area contributed by atoms with Gasteiger partial charge < -0.3 is 5.11 Å². The second kappa shape index (κ2) is 3.39. The summed E-state index contributed by atoms with van der Waals surface area (Å²) in [6.45, 7) is 1.82.